The van der Waals surface area contributed by atoms with Gasteiger partial charge in [0.15, 0.2) is 0 Å². The van der Waals surface area contributed by atoms with E-state index in [4.69, 9.17) is 5.73 Å². The van der Waals surface area contributed by atoms with E-state index < -0.39 is 0 Å². The van der Waals surface area contributed by atoms with Crippen molar-refractivity contribution in [2.45, 2.75) is 19.9 Å². The molecule has 1 aromatic heterocycles. The molecule has 0 bridgehead atoms. The molecule has 1 saturated heterocycles. The molecule has 2 heterocycles. The van der Waals surface area contributed by atoms with Gasteiger partial charge in [-0.3, -0.25) is 4.90 Å². The fraction of sp³-hybridized carbons (Fsp3) is 0.412. The van der Waals surface area contributed by atoms with Crippen LogP contribution in [0, 0.1) is 11.2 Å². The molecule has 4 heteroatoms. The van der Waals surface area contributed by atoms with Gasteiger partial charge in [-0.05, 0) is 43.1 Å². The second-order valence-electron chi connectivity index (χ2n) is 6.22. The molecule has 1 unspecified atom stereocenters. The van der Waals surface area contributed by atoms with Crippen molar-refractivity contribution < 1.29 is 4.39 Å². The molecular weight excluding hydrogens is 283 g/mol. The van der Waals surface area contributed by atoms with Crippen molar-refractivity contribution >= 4 is 11.3 Å². The van der Waals surface area contributed by atoms with Crippen LogP contribution in [-0.2, 0) is 6.54 Å². The lowest BCUT2D eigenvalue weighted by atomic mass is 9.90. The molecule has 0 aliphatic carbocycles. The van der Waals surface area contributed by atoms with Crippen LogP contribution in [0.2, 0.25) is 0 Å². The van der Waals surface area contributed by atoms with Gasteiger partial charge in [-0.25, -0.2) is 4.39 Å². The number of nitrogens with zero attached hydrogens (tertiary/aromatic N) is 1. The van der Waals surface area contributed by atoms with Crippen LogP contribution in [0.15, 0.2) is 36.4 Å². The number of likely N-dealkylation sites (tertiary alicyclic amines) is 1. The van der Waals surface area contributed by atoms with E-state index in [0.717, 1.165) is 37.5 Å². The second kappa shape index (κ2) is 5.87. The number of halogens is 1. The topological polar surface area (TPSA) is 29.3 Å². The van der Waals surface area contributed by atoms with E-state index in [9.17, 15) is 4.39 Å². The van der Waals surface area contributed by atoms with Crippen LogP contribution < -0.4 is 5.73 Å². The fourth-order valence-corrected chi connectivity index (χ4v) is 3.99. The third kappa shape index (κ3) is 3.18. The molecule has 1 aliphatic heterocycles. The fourth-order valence-electron chi connectivity index (χ4n) is 2.92. The summed E-state index contributed by atoms with van der Waals surface area (Å²) in [6.07, 6.45) is 1.16. The minimum Gasteiger partial charge on any atom is -0.330 e. The summed E-state index contributed by atoms with van der Waals surface area (Å²) in [4.78, 5) is 4.74. The third-order valence-corrected chi connectivity index (χ3v) is 5.41. The van der Waals surface area contributed by atoms with Crippen molar-refractivity contribution in [1.29, 1.82) is 0 Å². The maximum absolute atomic E-state index is 13.8. The summed E-state index contributed by atoms with van der Waals surface area (Å²) in [7, 11) is 0. The molecule has 3 rings (SSSR count). The third-order valence-electron chi connectivity index (χ3n) is 4.31. The first-order valence-electron chi connectivity index (χ1n) is 7.36. The van der Waals surface area contributed by atoms with Crippen LogP contribution >= 0.6 is 11.3 Å². The van der Waals surface area contributed by atoms with Crippen molar-refractivity contribution in [1.82, 2.24) is 4.90 Å². The average molecular weight is 304 g/mol. The van der Waals surface area contributed by atoms with Crippen LogP contribution in [-0.4, -0.2) is 24.5 Å². The molecule has 2 nitrogen and oxygen atoms in total. The number of benzene rings is 1. The summed E-state index contributed by atoms with van der Waals surface area (Å²) in [6, 6.07) is 11.1. The second-order valence-corrected chi connectivity index (χ2v) is 7.39. The molecule has 0 radical (unpaired) electrons. The molecule has 0 amide bonds. The Morgan fingerprint density at radius 1 is 1.29 bits per heavy atom. The lowest BCUT2D eigenvalue weighted by molar-refractivity contribution is 0.276. The largest absolute Gasteiger partial charge is 0.330 e. The van der Waals surface area contributed by atoms with Crippen molar-refractivity contribution in [3.05, 3.63) is 47.1 Å². The van der Waals surface area contributed by atoms with Gasteiger partial charge in [0.2, 0.25) is 0 Å². The van der Waals surface area contributed by atoms with Crippen LogP contribution in [0.5, 0.6) is 0 Å². The zero-order chi connectivity index (χ0) is 14.9. The number of rotatable bonds is 4. The Balaban J connectivity index is 1.71. The highest BCUT2D eigenvalue weighted by Crippen LogP contribution is 2.33. The highest BCUT2D eigenvalue weighted by atomic mass is 32.1. The van der Waals surface area contributed by atoms with Crippen LogP contribution in [0.1, 0.15) is 18.2 Å². The van der Waals surface area contributed by atoms with E-state index in [2.05, 4.69) is 17.9 Å². The summed E-state index contributed by atoms with van der Waals surface area (Å²) >= 11 is 1.68. The zero-order valence-electron chi connectivity index (χ0n) is 12.3. The van der Waals surface area contributed by atoms with Gasteiger partial charge >= 0.3 is 0 Å². The quantitative estimate of drug-likeness (QED) is 0.932. The van der Waals surface area contributed by atoms with Gasteiger partial charge in [0.25, 0.3) is 0 Å². The average Bonchev–Trinajstić information content (AvgIpc) is 3.08. The molecule has 112 valence electrons. The van der Waals surface area contributed by atoms with Crippen LogP contribution in [0.25, 0.3) is 10.4 Å². The Bertz CT molecular complexity index is 625. The van der Waals surface area contributed by atoms with Crippen molar-refractivity contribution in [3.63, 3.8) is 0 Å². The number of hydrogen-bond acceptors (Lipinski definition) is 3. The Morgan fingerprint density at radius 2 is 2.10 bits per heavy atom. The SMILES string of the molecule is CC1(CN)CCN(Cc2ccc(-c3ccccc3F)s2)C1. The van der Waals surface area contributed by atoms with Gasteiger partial charge in [-0.2, -0.15) is 0 Å². The van der Waals surface area contributed by atoms with E-state index in [-0.39, 0.29) is 11.2 Å². The first-order valence-corrected chi connectivity index (χ1v) is 8.17. The van der Waals surface area contributed by atoms with E-state index in [1.165, 1.54) is 10.9 Å². The van der Waals surface area contributed by atoms with Gasteiger partial charge in [-0.15, -0.1) is 11.3 Å². The monoisotopic (exact) mass is 304 g/mol. The molecule has 2 aromatic rings. The first-order chi connectivity index (χ1) is 10.1. The maximum Gasteiger partial charge on any atom is 0.131 e. The highest BCUT2D eigenvalue weighted by Gasteiger charge is 2.32. The zero-order valence-corrected chi connectivity index (χ0v) is 13.1. The summed E-state index contributed by atoms with van der Waals surface area (Å²) < 4.78 is 13.8. The van der Waals surface area contributed by atoms with Gasteiger partial charge < -0.3 is 5.73 Å². The number of nitrogens with two attached hydrogens (primary N) is 1. The molecule has 21 heavy (non-hydrogen) atoms. The van der Waals surface area contributed by atoms with E-state index in [0.29, 0.717) is 5.56 Å². The van der Waals surface area contributed by atoms with Gasteiger partial charge in [-0.1, -0.05) is 25.1 Å². The summed E-state index contributed by atoms with van der Waals surface area (Å²) in [5.41, 5.74) is 6.81. The normalized spacial score (nSPS) is 22.8. The number of thiophene rings is 1. The first kappa shape index (κ1) is 14.7. The Hall–Kier alpha value is -1.23. The molecule has 1 aliphatic rings. The van der Waals surface area contributed by atoms with Crippen molar-refractivity contribution in [2.24, 2.45) is 11.1 Å². The van der Waals surface area contributed by atoms with Crippen molar-refractivity contribution in [2.75, 3.05) is 19.6 Å². The van der Waals surface area contributed by atoms with Gasteiger partial charge in [0.1, 0.15) is 5.82 Å². The predicted molar refractivity (Wildman–Crippen MR) is 86.8 cm³/mol. The standard InChI is InChI=1S/C17H21FN2S/c1-17(11-19)8-9-20(12-17)10-13-6-7-16(21-13)14-4-2-3-5-15(14)18/h2-7H,8-12,19H2,1H3. The minimum absolute atomic E-state index is 0.150. The Morgan fingerprint density at radius 3 is 2.81 bits per heavy atom. The lowest BCUT2D eigenvalue weighted by Crippen LogP contribution is -2.30. The van der Waals surface area contributed by atoms with Crippen LogP contribution in [0.4, 0.5) is 4.39 Å². The van der Waals surface area contributed by atoms with Gasteiger partial charge in [0, 0.05) is 28.4 Å². The summed E-state index contributed by atoms with van der Waals surface area (Å²) in [6.45, 7) is 6.09. The molecule has 1 aromatic carbocycles. The smallest absolute Gasteiger partial charge is 0.131 e. The molecule has 0 saturated carbocycles. The molecular formula is C17H21FN2S. The molecule has 0 spiro atoms. The lowest BCUT2D eigenvalue weighted by Gasteiger charge is -2.22. The van der Waals surface area contributed by atoms with E-state index in [1.807, 2.05) is 18.2 Å². The number of hydrogen-bond donors (Lipinski definition) is 1. The van der Waals surface area contributed by atoms with E-state index in [1.54, 1.807) is 17.4 Å². The molecule has 1 atom stereocenters. The van der Waals surface area contributed by atoms with Crippen molar-refractivity contribution in [3.8, 4) is 10.4 Å². The molecule has 1 fully saturated rings. The van der Waals surface area contributed by atoms with Gasteiger partial charge in [0.05, 0.1) is 0 Å². The summed E-state index contributed by atoms with van der Waals surface area (Å²) in [5, 5.41) is 0. The Labute approximate surface area is 129 Å². The minimum atomic E-state index is -0.150. The summed E-state index contributed by atoms with van der Waals surface area (Å²) in [5.74, 6) is -0.150. The predicted octanol–water partition coefficient (Wildman–Crippen LogP) is 3.72. The maximum atomic E-state index is 13.8. The molecule has 2 N–H and O–H groups in total. The Kier molecular flexibility index (Phi) is 4.11. The highest BCUT2D eigenvalue weighted by molar-refractivity contribution is 7.15. The van der Waals surface area contributed by atoms with E-state index >= 15 is 0 Å². The van der Waals surface area contributed by atoms with Crippen LogP contribution in [0.3, 0.4) is 0 Å².